The first-order chi connectivity index (χ1) is 14.2. The summed E-state index contributed by atoms with van der Waals surface area (Å²) in [7, 11) is 0. The first-order valence-electron chi connectivity index (χ1n) is 8.86. The monoisotopic (exact) mass is 415 g/mol. The summed E-state index contributed by atoms with van der Waals surface area (Å²) < 4.78 is 35.7. The zero-order chi connectivity index (χ0) is 21.7. The maximum Gasteiger partial charge on any atom is 0.355 e. The lowest BCUT2D eigenvalue weighted by molar-refractivity contribution is -0.389. The van der Waals surface area contributed by atoms with E-state index in [1.807, 2.05) is 0 Å². The van der Waals surface area contributed by atoms with Crippen molar-refractivity contribution in [2.75, 3.05) is 4.90 Å². The molecule has 0 fully saturated rings. The van der Waals surface area contributed by atoms with Gasteiger partial charge in [0.15, 0.2) is 5.69 Å². The molecule has 0 spiro atoms. The topological polar surface area (TPSA) is 110 Å². The van der Waals surface area contributed by atoms with E-state index in [1.165, 1.54) is 24.3 Å². The molecule has 2 aromatic carbocycles. The van der Waals surface area contributed by atoms with Crippen LogP contribution in [0.4, 0.5) is 20.2 Å². The highest BCUT2D eigenvalue weighted by molar-refractivity contribution is 6.07. The summed E-state index contributed by atoms with van der Waals surface area (Å²) in [5.41, 5.74) is -4.53. The van der Waals surface area contributed by atoms with E-state index in [4.69, 9.17) is 0 Å². The van der Waals surface area contributed by atoms with Crippen LogP contribution in [0.1, 0.15) is 22.6 Å². The smallest absolute Gasteiger partial charge is 0.355 e. The lowest BCUT2D eigenvalue weighted by Crippen LogP contribution is -2.51. The standard InChI is InChI=1S/C20H15F2N3O5/c1-12-16(25(28)29)17(30-23-12)20(21,22)19(27)14-9-5-6-10-15(14)24(18(19)26)11-13-7-3-2-4-8-13/h2-10,27H,11H2,1H3/t19-/m0/s1. The minimum Gasteiger partial charge on any atom is -0.370 e. The fourth-order valence-corrected chi connectivity index (χ4v) is 3.61. The van der Waals surface area contributed by atoms with Gasteiger partial charge in [-0.2, -0.15) is 8.78 Å². The Bertz CT molecular complexity index is 1150. The minimum absolute atomic E-state index is 0.0763. The molecule has 0 aliphatic carbocycles. The lowest BCUT2D eigenvalue weighted by atomic mass is 9.86. The number of benzene rings is 2. The van der Waals surface area contributed by atoms with Crippen molar-refractivity contribution >= 4 is 17.3 Å². The summed E-state index contributed by atoms with van der Waals surface area (Å²) in [6.45, 7) is 1.05. The number of amides is 1. The molecule has 10 heteroatoms. The molecule has 1 atom stereocenters. The molecule has 1 N–H and O–H groups in total. The number of carbonyl (C=O) groups is 1. The van der Waals surface area contributed by atoms with Gasteiger partial charge >= 0.3 is 11.6 Å². The maximum absolute atomic E-state index is 15.6. The van der Waals surface area contributed by atoms with Crippen LogP contribution in [0.25, 0.3) is 0 Å². The highest BCUT2D eigenvalue weighted by Gasteiger charge is 2.70. The van der Waals surface area contributed by atoms with Gasteiger partial charge < -0.3 is 14.5 Å². The second-order valence-corrected chi connectivity index (χ2v) is 6.88. The second-order valence-electron chi connectivity index (χ2n) is 6.88. The van der Waals surface area contributed by atoms with Crippen LogP contribution < -0.4 is 4.90 Å². The van der Waals surface area contributed by atoms with Gasteiger partial charge in [-0.15, -0.1) is 0 Å². The molecule has 2 heterocycles. The molecule has 1 amide bonds. The summed E-state index contributed by atoms with van der Waals surface area (Å²) in [4.78, 5) is 24.4. The fourth-order valence-electron chi connectivity index (χ4n) is 3.61. The van der Waals surface area contributed by atoms with E-state index in [-0.39, 0.29) is 17.8 Å². The number of aryl methyl sites for hydroxylation is 1. The molecule has 0 radical (unpaired) electrons. The van der Waals surface area contributed by atoms with Crippen molar-refractivity contribution in [1.82, 2.24) is 5.16 Å². The average molecular weight is 415 g/mol. The summed E-state index contributed by atoms with van der Waals surface area (Å²) in [5, 5.41) is 25.6. The maximum atomic E-state index is 15.6. The normalized spacial score (nSPS) is 18.5. The van der Waals surface area contributed by atoms with Crippen LogP contribution in [0, 0.1) is 17.0 Å². The molecule has 0 unspecified atom stereocenters. The number of aromatic nitrogens is 1. The molecule has 0 saturated heterocycles. The summed E-state index contributed by atoms with van der Waals surface area (Å²) >= 11 is 0. The van der Waals surface area contributed by atoms with Gasteiger partial charge in [-0.1, -0.05) is 53.7 Å². The van der Waals surface area contributed by atoms with Gasteiger partial charge in [0, 0.05) is 5.56 Å². The van der Waals surface area contributed by atoms with Crippen LogP contribution in [0.5, 0.6) is 0 Å². The number of alkyl halides is 2. The predicted octanol–water partition coefficient (Wildman–Crippen LogP) is 3.42. The number of aliphatic hydroxyl groups is 1. The molecular formula is C20H15F2N3O5. The molecule has 8 nitrogen and oxygen atoms in total. The highest BCUT2D eigenvalue weighted by Crippen LogP contribution is 2.55. The van der Waals surface area contributed by atoms with Gasteiger partial charge in [-0.3, -0.25) is 14.9 Å². The number of para-hydroxylation sites is 1. The van der Waals surface area contributed by atoms with Crippen LogP contribution in [0.15, 0.2) is 59.1 Å². The van der Waals surface area contributed by atoms with Crippen molar-refractivity contribution in [1.29, 1.82) is 0 Å². The number of rotatable bonds is 5. The molecule has 1 aliphatic rings. The Hall–Kier alpha value is -3.66. The molecular weight excluding hydrogens is 400 g/mol. The van der Waals surface area contributed by atoms with Crippen molar-refractivity contribution in [3.8, 4) is 0 Å². The van der Waals surface area contributed by atoms with Crippen molar-refractivity contribution in [3.63, 3.8) is 0 Å². The van der Waals surface area contributed by atoms with Gasteiger partial charge in [-0.25, -0.2) is 0 Å². The van der Waals surface area contributed by atoms with Gasteiger partial charge in [0.25, 0.3) is 11.7 Å². The minimum atomic E-state index is -4.46. The number of hydrogen-bond acceptors (Lipinski definition) is 6. The molecule has 4 rings (SSSR count). The quantitative estimate of drug-likeness (QED) is 0.505. The number of halogens is 2. The molecule has 0 bridgehead atoms. The van der Waals surface area contributed by atoms with E-state index >= 15 is 8.78 Å². The van der Waals surface area contributed by atoms with E-state index < -0.39 is 39.5 Å². The Labute approximate surface area is 168 Å². The number of nitrogens with zero attached hydrogens (tertiary/aromatic N) is 3. The number of carbonyl (C=O) groups excluding carboxylic acids is 1. The molecule has 1 aliphatic heterocycles. The third kappa shape index (κ3) is 2.61. The number of fused-ring (bicyclic) bond motifs is 1. The number of hydrogen-bond donors (Lipinski definition) is 1. The van der Waals surface area contributed by atoms with Crippen molar-refractivity contribution in [2.24, 2.45) is 0 Å². The Kier molecular flexibility index (Phi) is 4.39. The second kappa shape index (κ2) is 6.70. The Morgan fingerprint density at radius 3 is 2.50 bits per heavy atom. The SMILES string of the molecule is Cc1noc(C(F)(F)[C@@]2(O)C(=O)N(Cc3ccccc3)c3ccccc32)c1[N+](=O)[O-]. The number of anilines is 1. The first-order valence-corrected chi connectivity index (χ1v) is 8.86. The first kappa shape index (κ1) is 19.6. The number of nitro groups is 1. The van der Waals surface area contributed by atoms with Crippen LogP contribution in [-0.2, 0) is 22.9 Å². The van der Waals surface area contributed by atoms with Gasteiger partial charge in [0.2, 0.25) is 5.60 Å². The van der Waals surface area contributed by atoms with E-state index in [1.54, 1.807) is 30.3 Å². The zero-order valence-electron chi connectivity index (χ0n) is 15.6. The molecule has 1 aromatic heterocycles. The Morgan fingerprint density at radius 2 is 1.83 bits per heavy atom. The molecule has 154 valence electrons. The summed E-state index contributed by atoms with van der Waals surface area (Å²) in [6.07, 6.45) is 0. The zero-order valence-corrected chi connectivity index (χ0v) is 15.6. The van der Waals surface area contributed by atoms with Crippen molar-refractivity contribution in [2.45, 2.75) is 25.0 Å². The van der Waals surface area contributed by atoms with E-state index in [0.717, 1.165) is 11.8 Å². The van der Waals surface area contributed by atoms with Crippen LogP contribution in [-0.4, -0.2) is 21.1 Å². The van der Waals surface area contributed by atoms with Gasteiger partial charge in [0.1, 0.15) is 0 Å². The van der Waals surface area contributed by atoms with Crippen molar-refractivity contribution in [3.05, 3.63) is 87.3 Å². The van der Waals surface area contributed by atoms with E-state index in [0.29, 0.717) is 5.56 Å². The van der Waals surface area contributed by atoms with Crippen LogP contribution in [0.2, 0.25) is 0 Å². The lowest BCUT2D eigenvalue weighted by Gasteiger charge is -2.29. The van der Waals surface area contributed by atoms with E-state index in [2.05, 4.69) is 9.68 Å². The predicted molar refractivity (Wildman–Crippen MR) is 99.8 cm³/mol. The van der Waals surface area contributed by atoms with Crippen LogP contribution >= 0.6 is 0 Å². The van der Waals surface area contributed by atoms with Gasteiger partial charge in [0.05, 0.1) is 17.2 Å². The highest BCUT2D eigenvalue weighted by atomic mass is 19.3. The Balaban J connectivity index is 1.87. The third-order valence-corrected chi connectivity index (χ3v) is 5.08. The summed E-state index contributed by atoms with van der Waals surface area (Å²) in [5.74, 6) is -7.26. The van der Waals surface area contributed by atoms with Gasteiger partial charge in [-0.05, 0) is 18.6 Å². The molecule has 0 saturated carbocycles. The molecule has 30 heavy (non-hydrogen) atoms. The fraction of sp³-hybridized carbons (Fsp3) is 0.200. The van der Waals surface area contributed by atoms with Crippen LogP contribution in [0.3, 0.4) is 0 Å². The summed E-state index contributed by atoms with van der Waals surface area (Å²) in [6, 6.07) is 14.2. The average Bonchev–Trinajstić information content (AvgIpc) is 3.22. The largest absolute Gasteiger partial charge is 0.370 e. The van der Waals surface area contributed by atoms with Crippen molar-refractivity contribution < 1.29 is 28.1 Å². The Morgan fingerprint density at radius 1 is 1.20 bits per heavy atom. The molecule has 3 aromatic rings. The third-order valence-electron chi connectivity index (χ3n) is 5.08. The van der Waals surface area contributed by atoms with E-state index in [9.17, 15) is 20.0 Å².